The number of hydrogen-bond donors (Lipinski definition) is 1. The van der Waals surface area contributed by atoms with Crippen molar-refractivity contribution in [2.24, 2.45) is 0 Å². The first kappa shape index (κ1) is 12.7. The van der Waals surface area contributed by atoms with E-state index in [1.165, 1.54) is 0 Å². The smallest absolute Gasteiger partial charge is 0.153 e. The van der Waals surface area contributed by atoms with Crippen molar-refractivity contribution in [3.05, 3.63) is 29.8 Å². The van der Waals surface area contributed by atoms with Crippen LogP contribution >= 0.6 is 0 Å². The van der Waals surface area contributed by atoms with E-state index in [-0.39, 0.29) is 0 Å². The third kappa shape index (κ3) is 4.45. The van der Waals surface area contributed by atoms with Gasteiger partial charge < -0.3 is 10.1 Å². The lowest BCUT2D eigenvalue weighted by Gasteiger charge is -2.08. The molecule has 0 spiro atoms. The Morgan fingerprint density at radius 1 is 1.31 bits per heavy atom. The van der Waals surface area contributed by atoms with Gasteiger partial charge >= 0.3 is 0 Å². The van der Waals surface area contributed by atoms with Gasteiger partial charge in [-0.2, -0.15) is 0 Å². The summed E-state index contributed by atoms with van der Waals surface area (Å²) in [6.07, 6.45) is 2.92. The Morgan fingerprint density at radius 3 is 2.88 bits per heavy atom. The van der Waals surface area contributed by atoms with E-state index in [4.69, 9.17) is 4.74 Å². The van der Waals surface area contributed by atoms with Gasteiger partial charge in [0.15, 0.2) is 6.29 Å². The van der Waals surface area contributed by atoms with Gasteiger partial charge in [0.1, 0.15) is 5.75 Å². The summed E-state index contributed by atoms with van der Waals surface area (Å²) in [6, 6.07) is 7.29. The molecule has 0 aliphatic carbocycles. The van der Waals surface area contributed by atoms with Crippen LogP contribution in [0.5, 0.6) is 5.75 Å². The standard InChI is InChI=1S/C13H19NO2/c1-2-8-14-9-5-10-16-13-7-4-3-6-12(13)11-15/h3-4,6-7,11,14H,2,5,8-10H2,1H3. The molecule has 1 aromatic rings. The maximum Gasteiger partial charge on any atom is 0.153 e. The van der Waals surface area contributed by atoms with E-state index in [9.17, 15) is 4.79 Å². The van der Waals surface area contributed by atoms with Crippen molar-refractivity contribution in [3.8, 4) is 5.75 Å². The van der Waals surface area contributed by atoms with Gasteiger partial charge in [0.2, 0.25) is 0 Å². The second-order valence-corrected chi connectivity index (χ2v) is 3.61. The van der Waals surface area contributed by atoms with Crippen LogP contribution in [0.15, 0.2) is 24.3 Å². The van der Waals surface area contributed by atoms with Gasteiger partial charge in [0.25, 0.3) is 0 Å². The van der Waals surface area contributed by atoms with Gasteiger partial charge in [-0.15, -0.1) is 0 Å². The zero-order valence-corrected chi connectivity index (χ0v) is 9.74. The van der Waals surface area contributed by atoms with Crippen molar-refractivity contribution < 1.29 is 9.53 Å². The van der Waals surface area contributed by atoms with Gasteiger partial charge in [-0.3, -0.25) is 4.79 Å². The molecule has 0 heterocycles. The SMILES string of the molecule is CCCNCCCOc1ccccc1C=O. The summed E-state index contributed by atoms with van der Waals surface area (Å²) in [6.45, 7) is 4.79. The lowest BCUT2D eigenvalue weighted by Crippen LogP contribution is -2.18. The van der Waals surface area contributed by atoms with Crippen LogP contribution in [-0.4, -0.2) is 26.0 Å². The molecule has 1 rings (SSSR count). The van der Waals surface area contributed by atoms with E-state index < -0.39 is 0 Å². The molecular weight excluding hydrogens is 202 g/mol. The first-order chi connectivity index (χ1) is 7.88. The van der Waals surface area contributed by atoms with Crippen LogP contribution in [0.4, 0.5) is 0 Å². The molecule has 0 atom stereocenters. The first-order valence-electron chi connectivity index (χ1n) is 5.76. The molecule has 0 amide bonds. The Hall–Kier alpha value is -1.35. The monoisotopic (exact) mass is 221 g/mol. The van der Waals surface area contributed by atoms with E-state index in [1.807, 2.05) is 18.2 Å². The van der Waals surface area contributed by atoms with Crippen molar-refractivity contribution >= 4 is 6.29 Å². The van der Waals surface area contributed by atoms with Crippen LogP contribution in [-0.2, 0) is 0 Å². The molecule has 88 valence electrons. The van der Waals surface area contributed by atoms with E-state index in [0.717, 1.165) is 32.2 Å². The highest BCUT2D eigenvalue weighted by Crippen LogP contribution is 2.15. The van der Waals surface area contributed by atoms with Gasteiger partial charge in [-0.1, -0.05) is 19.1 Å². The predicted octanol–water partition coefficient (Wildman–Crippen LogP) is 2.27. The number of nitrogens with one attached hydrogen (secondary N) is 1. The van der Waals surface area contributed by atoms with Crippen LogP contribution in [0.1, 0.15) is 30.1 Å². The number of para-hydroxylation sites is 1. The van der Waals surface area contributed by atoms with Crippen molar-refractivity contribution in [1.29, 1.82) is 0 Å². The van der Waals surface area contributed by atoms with E-state index in [1.54, 1.807) is 6.07 Å². The van der Waals surface area contributed by atoms with Crippen LogP contribution in [0.2, 0.25) is 0 Å². The zero-order chi connectivity index (χ0) is 11.6. The molecule has 0 radical (unpaired) electrons. The largest absolute Gasteiger partial charge is 0.493 e. The summed E-state index contributed by atoms with van der Waals surface area (Å²) >= 11 is 0. The highest BCUT2D eigenvalue weighted by Gasteiger charge is 2.00. The molecule has 0 saturated carbocycles. The average molecular weight is 221 g/mol. The summed E-state index contributed by atoms with van der Waals surface area (Å²) in [4.78, 5) is 10.7. The summed E-state index contributed by atoms with van der Waals surface area (Å²) in [5.74, 6) is 0.674. The predicted molar refractivity (Wildman–Crippen MR) is 65.1 cm³/mol. The fourth-order valence-corrected chi connectivity index (χ4v) is 1.39. The Labute approximate surface area is 96.8 Å². The quantitative estimate of drug-likeness (QED) is 0.540. The summed E-state index contributed by atoms with van der Waals surface area (Å²) in [5, 5.41) is 3.30. The van der Waals surface area contributed by atoms with Crippen LogP contribution < -0.4 is 10.1 Å². The first-order valence-corrected chi connectivity index (χ1v) is 5.76. The minimum atomic E-state index is 0.615. The lowest BCUT2D eigenvalue weighted by atomic mass is 10.2. The van der Waals surface area contributed by atoms with Crippen LogP contribution in [0, 0.1) is 0 Å². The molecule has 0 aliphatic heterocycles. The Morgan fingerprint density at radius 2 is 2.12 bits per heavy atom. The molecule has 0 saturated heterocycles. The maximum atomic E-state index is 10.7. The van der Waals surface area contributed by atoms with Crippen molar-refractivity contribution in [2.75, 3.05) is 19.7 Å². The van der Waals surface area contributed by atoms with Gasteiger partial charge in [-0.25, -0.2) is 0 Å². The fraction of sp³-hybridized carbons (Fsp3) is 0.462. The average Bonchev–Trinajstić information content (AvgIpc) is 2.34. The van der Waals surface area contributed by atoms with E-state index in [2.05, 4.69) is 12.2 Å². The number of hydrogen-bond acceptors (Lipinski definition) is 3. The highest BCUT2D eigenvalue weighted by molar-refractivity contribution is 5.79. The minimum Gasteiger partial charge on any atom is -0.493 e. The number of carbonyl (C=O) groups excluding carboxylic acids is 1. The molecular formula is C13H19NO2. The molecule has 0 aliphatic rings. The summed E-state index contributed by atoms with van der Waals surface area (Å²) in [7, 11) is 0. The topological polar surface area (TPSA) is 38.3 Å². The molecule has 1 N–H and O–H groups in total. The number of benzene rings is 1. The maximum absolute atomic E-state index is 10.7. The number of rotatable bonds is 8. The Kier molecular flexibility index (Phi) is 6.26. The van der Waals surface area contributed by atoms with E-state index >= 15 is 0 Å². The van der Waals surface area contributed by atoms with Crippen molar-refractivity contribution in [3.63, 3.8) is 0 Å². The second-order valence-electron chi connectivity index (χ2n) is 3.61. The highest BCUT2D eigenvalue weighted by atomic mass is 16.5. The normalized spacial score (nSPS) is 10.1. The molecule has 16 heavy (non-hydrogen) atoms. The van der Waals surface area contributed by atoms with Crippen molar-refractivity contribution in [1.82, 2.24) is 5.32 Å². The van der Waals surface area contributed by atoms with Crippen molar-refractivity contribution in [2.45, 2.75) is 19.8 Å². The van der Waals surface area contributed by atoms with Gasteiger partial charge in [0, 0.05) is 0 Å². The molecule has 3 nitrogen and oxygen atoms in total. The third-order valence-electron chi connectivity index (χ3n) is 2.23. The molecule has 1 aromatic carbocycles. The lowest BCUT2D eigenvalue weighted by molar-refractivity contribution is 0.111. The number of carbonyl (C=O) groups is 1. The van der Waals surface area contributed by atoms with Crippen LogP contribution in [0.25, 0.3) is 0 Å². The molecule has 0 fully saturated rings. The molecule has 0 unspecified atom stereocenters. The summed E-state index contributed by atoms with van der Waals surface area (Å²) in [5.41, 5.74) is 0.615. The third-order valence-corrected chi connectivity index (χ3v) is 2.23. The molecule has 0 bridgehead atoms. The molecule has 3 heteroatoms. The number of aldehydes is 1. The van der Waals surface area contributed by atoms with Gasteiger partial charge in [-0.05, 0) is 38.1 Å². The van der Waals surface area contributed by atoms with Gasteiger partial charge in [0.05, 0.1) is 12.2 Å². The zero-order valence-electron chi connectivity index (χ0n) is 9.74. The van der Waals surface area contributed by atoms with Crippen LogP contribution in [0.3, 0.4) is 0 Å². The number of ether oxygens (including phenoxy) is 1. The Balaban J connectivity index is 2.23. The minimum absolute atomic E-state index is 0.615. The van der Waals surface area contributed by atoms with E-state index in [0.29, 0.717) is 17.9 Å². The Bertz CT molecular complexity index is 313. The second kappa shape index (κ2) is 7.88. The molecule has 0 aromatic heterocycles. The fourth-order valence-electron chi connectivity index (χ4n) is 1.39. The summed E-state index contributed by atoms with van der Waals surface area (Å²) < 4.78 is 5.54.